The number of aromatic nitrogens is 1. The number of nitrogens with one attached hydrogen (secondary N) is 1. The van der Waals surface area contributed by atoms with Gasteiger partial charge < -0.3 is 5.73 Å². The van der Waals surface area contributed by atoms with Crippen molar-refractivity contribution in [1.82, 2.24) is 10.4 Å². The van der Waals surface area contributed by atoms with E-state index in [2.05, 4.69) is 29.5 Å². The zero-order valence-corrected chi connectivity index (χ0v) is 11.7. The standard InChI is InChI=1S/C14H18N4S/c1-10-4-2-3-5-14(10)19-9-13(18-16)11-8-17-7-6-12(11)15/h2-8,13,18H,9,16H2,1H3,(H2,15,17). The average Bonchev–Trinajstić information content (AvgIpc) is 2.43. The molecule has 1 aromatic heterocycles. The Hall–Kier alpha value is -1.56. The lowest BCUT2D eigenvalue weighted by atomic mass is 10.1. The number of rotatable bonds is 5. The summed E-state index contributed by atoms with van der Waals surface area (Å²) in [7, 11) is 0. The van der Waals surface area contributed by atoms with Gasteiger partial charge in [-0.2, -0.15) is 0 Å². The van der Waals surface area contributed by atoms with Crippen molar-refractivity contribution < 1.29 is 0 Å². The van der Waals surface area contributed by atoms with Gasteiger partial charge in [-0.25, -0.2) is 0 Å². The van der Waals surface area contributed by atoms with Gasteiger partial charge in [0.05, 0.1) is 6.04 Å². The van der Waals surface area contributed by atoms with Crippen molar-refractivity contribution in [3.63, 3.8) is 0 Å². The zero-order chi connectivity index (χ0) is 13.7. The molecule has 2 rings (SSSR count). The van der Waals surface area contributed by atoms with Gasteiger partial charge in [-0.1, -0.05) is 18.2 Å². The lowest BCUT2D eigenvalue weighted by Gasteiger charge is -2.17. The quantitative estimate of drug-likeness (QED) is 0.443. The van der Waals surface area contributed by atoms with Gasteiger partial charge in [-0.3, -0.25) is 16.3 Å². The largest absolute Gasteiger partial charge is 0.398 e. The Balaban J connectivity index is 2.09. The van der Waals surface area contributed by atoms with Crippen LogP contribution >= 0.6 is 11.8 Å². The maximum Gasteiger partial charge on any atom is 0.0589 e. The van der Waals surface area contributed by atoms with E-state index in [1.165, 1.54) is 10.5 Å². The number of benzene rings is 1. The van der Waals surface area contributed by atoms with E-state index in [-0.39, 0.29) is 6.04 Å². The predicted octanol–water partition coefficient (Wildman–Crippen LogP) is 2.27. The average molecular weight is 274 g/mol. The normalized spacial score (nSPS) is 12.3. The van der Waals surface area contributed by atoms with Crippen LogP contribution in [0.25, 0.3) is 0 Å². The summed E-state index contributed by atoms with van der Waals surface area (Å²) in [5.74, 6) is 6.43. The molecular formula is C14H18N4S. The number of hydrogen-bond acceptors (Lipinski definition) is 5. The molecule has 0 aliphatic heterocycles. The maximum atomic E-state index is 5.95. The number of anilines is 1. The number of thioether (sulfide) groups is 1. The molecule has 0 spiro atoms. The first kappa shape index (κ1) is 13.9. The Morgan fingerprint density at radius 3 is 2.79 bits per heavy atom. The van der Waals surface area contributed by atoms with Gasteiger partial charge in [0.1, 0.15) is 0 Å². The minimum Gasteiger partial charge on any atom is -0.398 e. The molecule has 100 valence electrons. The van der Waals surface area contributed by atoms with Gasteiger partial charge in [-0.15, -0.1) is 11.8 Å². The fraction of sp³-hybridized carbons (Fsp3) is 0.214. The first-order valence-corrected chi connectivity index (χ1v) is 7.05. The molecule has 1 atom stereocenters. The Morgan fingerprint density at radius 2 is 2.11 bits per heavy atom. The summed E-state index contributed by atoms with van der Waals surface area (Å²) in [6, 6.07) is 10.1. The molecule has 5 heteroatoms. The summed E-state index contributed by atoms with van der Waals surface area (Å²) in [6.45, 7) is 2.10. The first-order valence-electron chi connectivity index (χ1n) is 6.06. The monoisotopic (exact) mass is 274 g/mol. The molecule has 0 aliphatic rings. The minimum absolute atomic E-state index is 0.0155. The first-order chi connectivity index (χ1) is 9.22. The van der Waals surface area contributed by atoms with Crippen molar-refractivity contribution in [3.8, 4) is 0 Å². The zero-order valence-electron chi connectivity index (χ0n) is 10.8. The topological polar surface area (TPSA) is 77.0 Å². The van der Waals surface area contributed by atoms with Crippen LogP contribution < -0.4 is 17.0 Å². The number of pyridine rings is 1. The molecule has 0 fully saturated rings. The molecule has 1 heterocycles. The van der Waals surface area contributed by atoms with Crippen LogP contribution in [-0.2, 0) is 0 Å². The van der Waals surface area contributed by atoms with Crippen LogP contribution in [0.5, 0.6) is 0 Å². The highest BCUT2D eigenvalue weighted by molar-refractivity contribution is 7.99. The Labute approximate surface area is 117 Å². The molecule has 0 amide bonds. The number of nitrogen functional groups attached to an aromatic ring is 1. The van der Waals surface area contributed by atoms with Crippen LogP contribution in [0.1, 0.15) is 17.2 Å². The summed E-state index contributed by atoms with van der Waals surface area (Å²) in [4.78, 5) is 5.36. The molecule has 2 aromatic rings. The Bertz CT molecular complexity index is 544. The molecule has 0 aliphatic carbocycles. The molecule has 1 aromatic carbocycles. The third kappa shape index (κ3) is 3.47. The second-order valence-electron chi connectivity index (χ2n) is 4.30. The van der Waals surface area contributed by atoms with Crippen molar-refractivity contribution in [2.75, 3.05) is 11.5 Å². The van der Waals surface area contributed by atoms with Crippen LogP contribution in [0.15, 0.2) is 47.6 Å². The second kappa shape index (κ2) is 6.56. The molecule has 19 heavy (non-hydrogen) atoms. The predicted molar refractivity (Wildman–Crippen MR) is 80.6 cm³/mol. The van der Waals surface area contributed by atoms with E-state index < -0.39 is 0 Å². The fourth-order valence-electron chi connectivity index (χ4n) is 1.83. The molecule has 0 radical (unpaired) electrons. The highest BCUT2D eigenvalue weighted by atomic mass is 32.2. The summed E-state index contributed by atoms with van der Waals surface area (Å²) in [5.41, 5.74) is 11.7. The third-order valence-electron chi connectivity index (χ3n) is 2.96. The van der Waals surface area contributed by atoms with Crippen molar-refractivity contribution in [2.45, 2.75) is 17.9 Å². The molecule has 5 N–H and O–H groups in total. The van der Waals surface area contributed by atoms with Crippen LogP contribution in [-0.4, -0.2) is 10.7 Å². The van der Waals surface area contributed by atoms with Crippen LogP contribution in [0.2, 0.25) is 0 Å². The van der Waals surface area contributed by atoms with E-state index in [1.807, 2.05) is 12.1 Å². The van der Waals surface area contributed by atoms with Crippen LogP contribution in [0.4, 0.5) is 5.69 Å². The highest BCUT2D eigenvalue weighted by Crippen LogP contribution is 2.28. The maximum absolute atomic E-state index is 5.95. The lowest BCUT2D eigenvalue weighted by Crippen LogP contribution is -2.30. The number of nitrogens with two attached hydrogens (primary N) is 2. The summed E-state index contributed by atoms with van der Waals surface area (Å²) in [6.07, 6.45) is 3.44. The van der Waals surface area contributed by atoms with E-state index in [0.717, 1.165) is 11.3 Å². The summed E-state index contributed by atoms with van der Waals surface area (Å²) >= 11 is 1.76. The van der Waals surface area contributed by atoms with E-state index in [1.54, 1.807) is 30.2 Å². The van der Waals surface area contributed by atoms with E-state index >= 15 is 0 Å². The van der Waals surface area contributed by atoms with Gasteiger partial charge in [0.2, 0.25) is 0 Å². The van der Waals surface area contributed by atoms with Gasteiger partial charge in [0.25, 0.3) is 0 Å². The molecule has 4 nitrogen and oxygen atoms in total. The van der Waals surface area contributed by atoms with E-state index in [9.17, 15) is 0 Å². The molecule has 0 saturated carbocycles. The number of aryl methyl sites for hydroxylation is 1. The third-order valence-corrected chi connectivity index (χ3v) is 4.23. The second-order valence-corrected chi connectivity index (χ2v) is 5.36. The van der Waals surface area contributed by atoms with Crippen LogP contribution in [0, 0.1) is 6.92 Å². The SMILES string of the molecule is Cc1ccccc1SCC(NN)c1cnccc1N. The van der Waals surface area contributed by atoms with E-state index in [0.29, 0.717) is 5.69 Å². The van der Waals surface area contributed by atoms with Gasteiger partial charge in [0, 0.05) is 34.3 Å². The van der Waals surface area contributed by atoms with Crippen molar-refractivity contribution >= 4 is 17.4 Å². The smallest absolute Gasteiger partial charge is 0.0589 e. The number of hydrazine groups is 1. The highest BCUT2D eigenvalue weighted by Gasteiger charge is 2.13. The van der Waals surface area contributed by atoms with Gasteiger partial charge in [0.15, 0.2) is 0 Å². The Kier molecular flexibility index (Phi) is 4.79. The van der Waals surface area contributed by atoms with Crippen molar-refractivity contribution in [2.24, 2.45) is 5.84 Å². The Morgan fingerprint density at radius 1 is 1.32 bits per heavy atom. The summed E-state index contributed by atoms with van der Waals surface area (Å²) < 4.78 is 0. The van der Waals surface area contributed by atoms with Crippen LogP contribution in [0.3, 0.4) is 0 Å². The molecular weight excluding hydrogens is 256 g/mol. The molecule has 1 unspecified atom stereocenters. The van der Waals surface area contributed by atoms with Crippen molar-refractivity contribution in [1.29, 1.82) is 0 Å². The minimum atomic E-state index is -0.0155. The van der Waals surface area contributed by atoms with Gasteiger partial charge >= 0.3 is 0 Å². The summed E-state index contributed by atoms with van der Waals surface area (Å²) in [5, 5.41) is 0. The molecule has 0 saturated heterocycles. The van der Waals surface area contributed by atoms with E-state index in [4.69, 9.17) is 11.6 Å². The molecule has 0 bridgehead atoms. The number of hydrogen-bond donors (Lipinski definition) is 3. The van der Waals surface area contributed by atoms with Crippen molar-refractivity contribution in [3.05, 3.63) is 53.9 Å². The van der Waals surface area contributed by atoms with Gasteiger partial charge in [-0.05, 0) is 24.6 Å². The lowest BCUT2D eigenvalue weighted by molar-refractivity contribution is 0.610. The fourth-order valence-corrected chi connectivity index (χ4v) is 2.92. The number of nitrogens with zero attached hydrogens (tertiary/aromatic N) is 1.